The molecule has 0 unspecified atom stereocenters. The molecule has 1 atom stereocenters. The second kappa shape index (κ2) is 5.81. The molecular formula is C12H14N2O4. The molecule has 0 aliphatic rings. The van der Waals surface area contributed by atoms with Gasteiger partial charge in [0.25, 0.3) is 0 Å². The number of benzene rings is 1. The highest BCUT2D eigenvalue weighted by Gasteiger charge is 2.14. The molecule has 0 heterocycles. The van der Waals surface area contributed by atoms with E-state index < -0.39 is 17.9 Å². The zero-order chi connectivity index (χ0) is 13.7. The van der Waals surface area contributed by atoms with Crippen molar-refractivity contribution in [3.05, 3.63) is 29.3 Å². The Labute approximate surface area is 104 Å². The van der Waals surface area contributed by atoms with Crippen molar-refractivity contribution in [3.63, 3.8) is 0 Å². The van der Waals surface area contributed by atoms with Gasteiger partial charge < -0.3 is 15.6 Å². The van der Waals surface area contributed by atoms with Gasteiger partial charge in [0.15, 0.2) is 0 Å². The summed E-state index contributed by atoms with van der Waals surface area (Å²) in [5.41, 5.74) is 5.41. The number of esters is 1. The minimum absolute atomic E-state index is 0.127. The van der Waals surface area contributed by atoms with Gasteiger partial charge in [-0.1, -0.05) is 6.07 Å². The van der Waals surface area contributed by atoms with Crippen LogP contribution in [0.3, 0.4) is 0 Å². The predicted molar refractivity (Wildman–Crippen MR) is 65.7 cm³/mol. The number of ether oxygens (including phenoxy) is 1. The number of primary amides is 1. The lowest BCUT2D eigenvalue weighted by Crippen LogP contribution is -2.23. The van der Waals surface area contributed by atoms with Gasteiger partial charge in [-0.3, -0.25) is 9.79 Å². The minimum atomic E-state index is -0.741. The van der Waals surface area contributed by atoms with Gasteiger partial charge in [0, 0.05) is 11.8 Å². The number of phenols is 1. The SMILES string of the molecule is COC(=O)c1cccc(O)c1/C=N/[C@@H](C)C(N)=O. The van der Waals surface area contributed by atoms with Crippen molar-refractivity contribution < 1.29 is 19.4 Å². The first-order valence-corrected chi connectivity index (χ1v) is 5.20. The molecule has 0 bridgehead atoms. The van der Waals surface area contributed by atoms with Gasteiger partial charge in [0.2, 0.25) is 5.91 Å². The Balaban J connectivity index is 3.15. The Morgan fingerprint density at radius 2 is 2.17 bits per heavy atom. The summed E-state index contributed by atoms with van der Waals surface area (Å²) < 4.78 is 4.58. The first kappa shape index (κ1) is 13.7. The Hall–Kier alpha value is -2.37. The van der Waals surface area contributed by atoms with Gasteiger partial charge in [-0.15, -0.1) is 0 Å². The van der Waals surface area contributed by atoms with Gasteiger partial charge in [0.05, 0.1) is 12.7 Å². The van der Waals surface area contributed by atoms with Crippen LogP contribution in [0.15, 0.2) is 23.2 Å². The number of nitrogens with two attached hydrogens (primary N) is 1. The van der Waals surface area contributed by atoms with E-state index in [9.17, 15) is 14.7 Å². The number of aromatic hydroxyl groups is 1. The molecule has 0 saturated heterocycles. The molecule has 0 fully saturated rings. The molecule has 1 rings (SSSR count). The van der Waals surface area contributed by atoms with E-state index in [4.69, 9.17) is 5.73 Å². The number of carbonyl (C=O) groups excluding carboxylic acids is 2. The molecular weight excluding hydrogens is 236 g/mol. The summed E-state index contributed by atoms with van der Waals surface area (Å²) in [6.45, 7) is 1.51. The molecule has 0 radical (unpaired) electrons. The van der Waals surface area contributed by atoms with E-state index in [1.807, 2.05) is 0 Å². The first-order chi connectivity index (χ1) is 8.47. The number of aliphatic imine (C=N–C) groups is 1. The first-order valence-electron chi connectivity index (χ1n) is 5.20. The van der Waals surface area contributed by atoms with Crippen LogP contribution in [0.2, 0.25) is 0 Å². The second-order valence-corrected chi connectivity index (χ2v) is 3.59. The van der Waals surface area contributed by atoms with Crippen LogP contribution in [0.1, 0.15) is 22.8 Å². The van der Waals surface area contributed by atoms with Crippen LogP contribution >= 0.6 is 0 Å². The lowest BCUT2D eigenvalue weighted by Gasteiger charge is -2.06. The Morgan fingerprint density at radius 3 is 2.72 bits per heavy atom. The number of hydrogen-bond donors (Lipinski definition) is 2. The third-order valence-corrected chi connectivity index (χ3v) is 2.33. The molecule has 6 nitrogen and oxygen atoms in total. The van der Waals surface area contributed by atoms with Gasteiger partial charge in [-0.25, -0.2) is 4.79 Å². The molecule has 1 aromatic carbocycles. The van der Waals surface area contributed by atoms with E-state index in [1.54, 1.807) is 0 Å². The zero-order valence-corrected chi connectivity index (χ0v) is 10.1. The van der Waals surface area contributed by atoms with Crippen LogP contribution in [0, 0.1) is 0 Å². The molecule has 3 N–H and O–H groups in total. The number of phenolic OH excluding ortho intramolecular Hbond substituents is 1. The lowest BCUT2D eigenvalue weighted by atomic mass is 10.1. The summed E-state index contributed by atoms with van der Waals surface area (Å²) in [4.78, 5) is 26.2. The van der Waals surface area contributed by atoms with Crippen molar-refractivity contribution in [1.29, 1.82) is 0 Å². The summed E-state index contributed by atoms with van der Waals surface area (Å²) in [7, 11) is 1.24. The van der Waals surface area contributed by atoms with Crippen LogP contribution in [0.25, 0.3) is 0 Å². The normalized spacial score (nSPS) is 12.3. The van der Waals surface area contributed by atoms with Gasteiger partial charge in [-0.2, -0.15) is 0 Å². The van der Waals surface area contributed by atoms with Crippen molar-refractivity contribution in [2.24, 2.45) is 10.7 Å². The van der Waals surface area contributed by atoms with Crippen LogP contribution in [0.4, 0.5) is 0 Å². The summed E-state index contributed by atoms with van der Waals surface area (Å²) >= 11 is 0. The molecule has 0 aliphatic heterocycles. The molecule has 0 aliphatic carbocycles. The van der Waals surface area contributed by atoms with Crippen LogP contribution in [-0.2, 0) is 9.53 Å². The van der Waals surface area contributed by atoms with E-state index in [1.165, 1.54) is 38.4 Å². The van der Waals surface area contributed by atoms with Crippen molar-refractivity contribution in [1.82, 2.24) is 0 Å². The summed E-state index contributed by atoms with van der Waals surface area (Å²) in [6, 6.07) is 3.66. The van der Waals surface area contributed by atoms with Gasteiger partial charge in [0.1, 0.15) is 11.8 Å². The number of rotatable bonds is 4. The standard InChI is InChI=1S/C12H14N2O4/c1-7(11(13)16)14-6-9-8(12(17)18-2)4-3-5-10(9)15/h3-7,15H,1-2H3,(H2,13,16)/b14-6+/t7-/m0/s1. The van der Waals surface area contributed by atoms with Crippen molar-refractivity contribution in [3.8, 4) is 5.75 Å². The maximum Gasteiger partial charge on any atom is 0.338 e. The maximum absolute atomic E-state index is 11.5. The van der Waals surface area contributed by atoms with E-state index >= 15 is 0 Å². The van der Waals surface area contributed by atoms with Crippen LogP contribution in [0.5, 0.6) is 5.75 Å². The Kier molecular flexibility index (Phi) is 4.42. The third-order valence-electron chi connectivity index (χ3n) is 2.33. The van der Waals surface area contributed by atoms with E-state index in [2.05, 4.69) is 9.73 Å². The third kappa shape index (κ3) is 3.07. The fourth-order valence-electron chi connectivity index (χ4n) is 1.24. The monoisotopic (exact) mass is 250 g/mol. The quantitative estimate of drug-likeness (QED) is 0.599. The van der Waals surface area contributed by atoms with Crippen LogP contribution in [-0.4, -0.2) is 36.3 Å². The molecule has 18 heavy (non-hydrogen) atoms. The van der Waals surface area contributed by atoms with Crippen LogP contribution < -0.4 is 5.73 Å². The predicted octanol–water partition coefficient (Wildman–Crippen LogP) is 0.471. The molecule has 6 heteroatoms. The maximum atomic E-state index is 11.5. The average molecular weight is 250 g/mol. The fourth-order valence-corrected chi connectivity index (χ4v) is 1.24. The molecule has 1 aromatic rings. The highest BCUT2D eigenvalue weighted by Crippen LogP contribution is 2.19. The summed E-state index contributed by atoms with van der Waals surface area (Å²) in [5, 5.41) is 9.67. The molecule has 0 aromatic heterocycles. The summed E-state index contributed by atoms with van der Waals surface area (Å²) in [5.74, 6) is -1.32. The van der Waals surface area contributed by atoms with Crippen molar-refractivity contribution >= 4 is 18.1 Å². The molecule has 96 valence electrons. The van der Waals surface area contributed by atoms with E-state index in [0.29, 0.717) is 0 Å². The number of amides is 1. The van der Waals surface area contributed by atoms with Gasteiger partial charge in [-0.05, 0) is 19.1 Å². The van der Waals surface area contributed by atoms with Crippen molar-refractivity contribution in [2.45, 2.75) is 13.0 Å². The zero-order valence-electron chi connectivity index (χ0n) is 10.1. The summed E-state index contributed by atoms with van der Waals surface area (Å²) in [6.07, 6.45) is 1.23. The molecule has 1 amide bonds. The Bertz CT molecular complexity index is 497. The van der Waals surface area contributed by atoms with E-state index in [0.717, 1.165) is 0 Å². The Morgan fingerprint density at radius 1 is 1.50 bits per heavy atom. The highest BCUT2D eigenvalue weighted by atomic mass is 16.5. The number of hydrogen-bond acceptors (Lipinski definition) is 5. The topological polar surface area (TPSA) is 102 Å². The largest absolute Gasteiger partial charge is 0.507 e. The average Bonchev–Trinajstić information content (AvgIpc) is 2.35. The van der Waals surface area contributed by atoms with Gasteiger partial charge >= 0.3 is 5.97 Å². The van der Waals surface area contributed by atoms with Crippen molar-refractivity contribution in [2.75, 3.05) is 7.11 Å². The lowest BCUT2D eigenvalue weighted by molar-refractivity contribution is -0.118. The number of carbonyl (C=O) groups is 2. The minimum Gasteiger partial charge on any atom is -0.507 e. The van der Waals surface area contributed by atoms with E-state index in [-0.39, 0.29) is 16.9 Å². The number of methoxy groups -OCH3 is 1. The second-order valence-electron chi connectivity index (χ2n) is 3.59. The number of nitrogens with zero attached hydrogens (tertiary/aromatic N) is 1. The molecule has 0 spiro atoms. The smallest absolute Gasteiger partial charge is 0.338 e. The highest BCUT2D eigenvalue weighted by molar-refractivity contribution is 6.01. The molecule has 0 saturated carbocycles. The fraction of sp³-hybridized carbons (Fsp3) is 0.250.